The van der Waals surface area contributed by atoms with E-state index in [0.29, 0.717) is 35.2 Å². The van der Waals surface area contributed by atoms with Crippen molar-refractivity contribution >= 4 is 21.9 Å². The molecule has 40 heavy (non-hydrogen) atoms. The summed E-state index contributed by atoms with van der Waals surface area (Å²) < 4.78 is 40.3. The van der Waals surface area contributed by atoms with E-state index in [4.69, 9.17) is 9.72 Å². The first-order chi connectivity index (χ1) is 19.1. The molecule has 1 atom stereocenters. The van der Waals surface area contributed by atoms with E-state index in [0.717, 1.165) is 40.9 Å². The highest BCUT2D eigenvalue weighted by Crippen LogP contribution is 2.44. The molecule has 3 aromatic heterocycles. The standard InChI is InChI=1S/C31H33F2N5O2/c1-17-14-23-27-24(15-21(16-34-27)28-18(2)35-36-37(28)5)38(30(23)26(33)25(17)31(3,4)39)29(20-10-12-40-13-11-20)19-6-8-22(32)9-7-19/h6-9,14-16,20,29,39H,10-13H2,1-5H3/t29-/m1/s1. The van der Waals surface area contributed by atoms with Crippen LogP contribution in [0, 0.1) is 31.4 Å². The Morgan fingerprint density at radius 2 is 1.77 bits per heavy atom. The van der Waals surface area contributed by atoms with Crippen LogP contribution in [0.15, 0.2) is 42.6 Å². The van der Waals surface area contributed by atoms with Crippen molar-refractivity contribution in [2.45, 2.75) is 52.2 Å². The predicted molar refractivity (Wildman–Crippen MR) is 150 cm³/mol. The molecule has 2 aromatic carbocycles. The Labute approximate surface area is 231 Å². The third-order valence-electron chi connectivity index (χ3n) is 8.14. The lowest BCUT2D eigenvalue weighted by Gasteiger charge is -2.33. The molecule has 1 aliphatic rings. The van der Waals surface area contributed by atoms with Gasteiger partial charge in [-0.1, -0.05) is 17.3 Å². The van der Waals surface area contributed by atoms with E-state index >= 15 is 4.39 Å². The second-order valence-corrected chi connectivity index (χ2v) is 11.4. The van der Waals surface area contributed by atoms with E-state index in [9.17, 15) is 9.50 Å². The topological polar surface area (TPSA) is 78.0 Å². The maximum Gasteiger partial charge on any atom is 0.153 e. The minimum atomic E-state index is -1.40. The van der Waals surface area contributed by atoms with Crippen molar-refractivity contribution in [3.8, 4) is 11.3 Å². The lowest BCUT2D eigenvalue weighted by molar-refractivity contribution is 0.0551. The molecule has 5 aromatic rings. The van der Waals surface area contributed by atoms with Gasteiger partial charge in [-0.05, 0) is 81.8 Å². The molecule has 0 spiro atoms. The van der Waals surface area contributed by atoms with Crippen LogP contribution in [0.5, 0.6) is 0 Å². The van der Waals surface area contributed by atoms with Gasteiger partial charge in [0, 0.05) is 43.0 Å². The molecule has 6 rings (SSSR count). The van der Waals surface area contributed by atoms with Crippen LogP contribution in [0.1, 0.15) is 55.1 Å². The average Bonchev–Trinajstić information content (AvgIpc) is 3.41. The first kappa shape index (κ1) is 26.5. The number of fused-ring (bicyclic) bond motifs is 3. The summed E-state index contributed by atoms with van der Waals surface area (Å²) in [5, 5.41) is 20.0. The van der Waals surface area contributed by atoms with Gasteiger partial charge in [-0.15, -0.1) is 5.10 Å². The Morgan fingerprint density at radius 3 is 2.40 bits per heavy atom. The van der Waals surface area contributed by atoms with Gasteiger partial charge in [0.1, 0.15) is 5.82 Å². The number of rotatable bonds is 5. The number of benzene rings is 2. The molecule has 0 unspecified atom stereocenters. The predicted octanol–water partition coefficient (Wildman–Crippen LogP) is 6.12. The summed E-state index contributed by atoms with van der Waals surface area (Å²) in [5.41, 5.74) is 4.56. The van der Waals surface area contributed by atoms with Crippen LogP contribution in [0.4, 0.5) is 8.78 Å². The van der Waals surface area contributed by atoms with Crippen LogP contribution in [-0.2, 0) is 17.4 Å². The SMILES string of the molecule is Cc1cc2c3ncc(-c4c(C)nnn4C)cc3n([C@H](c3ccc(F)cc3)C3CCOCC3)c2c(F)c1C(C)(C)O. The summed E-state index contributed by atoms with van der Waals surface area (Å²) in [5.74, 6) is -0.696. The molecule has 9 heteroatoms. The first-order valence-electron chi connectivity index (χ1n) is 13.6. The summed E-state index contributed by atoms with van der Waals surface area (Å²) in [4.78, 5) is 4.87. The quantitative estimate of drug-likeness (QED) is 0.288. The van der Waals surface area contributed by atoms with Crippen molar-refractivity contribution in [3.05, 3.63) is 76.6 Å². The number of aromatic nitrogens is 5. The van der Waals surface area contributed by atoms with Crippen LogP contribution in [0.3, 0.4) is 0 Å². The molecule has 0 bridgehead atoms. The molecule has 7 nitrogen and oxygen atoms in total. The van der Waals surface area contributed by atoms with E-state index in [1.165, 1.54) is 12.1 Å². The Morgan fingerprint density at radius 1 is 1.07 bits per heavy atom. The molecule has 0 radical (unpaired) electrons. The maximum absolute atomic E-state index is 16.8. The van der Waals surface area contributed by atoms with Crippen molar-refractivity contribution in [2.24, 2.45) is 13.0 Å². The lowest BCUT2D eigenvalue weighted by atomic mass is 9.86. The zero-order chi connectivity index (χ0) is 28.3. The van der Waals surface area contributed by atoms with Gasteiger partial charge >= 0.3 is 0 Å². The summed E-state index contributed by atoms with van der Waals surface area (Å²) in [7, 11) is 1.83. The van der Waals surface area contributed by atoms with Gasteiger partial charge in [0.15, 0.2) is 5.82 Å². The number of halogens is 2. The molecule has 208 valence electrons. The molecule has 1 N–H and O–H groups in total. The monoisotopic (exact) mass is 545 g/mol. The minimum absolute atomic E-state index is 0.105. The summed E-state index contributed by atoms with van der Waals surface area (Å²) in [6.45, 7) is 8.10. The average molecular weight is 546 g/mol. The van der Waals surface area contributed by atoms with Crippen LogP contribution < -0.4 is 0 Å². The Bertz CT molecular complexity index is 1710. The van der Waals surface area contributed by atoms with Crippen LogP contribution in [0.2, 0.25) is 0 Å². The first-order valence-corrected chi connectivity index (χ1v) is 13.6. The second kappa shape index (κ2) is 9.74. The Balaban J connectivity index is 1.75. The van der Waals surface area contributed by atoms with Gasteiger partial charge in [-0.25, -0.2) is 13.5 Å². The van der Waals surface area contributed by atoms with Gasteiger partial charge in [-0.2, -0.15) is 0 Å². The summed E-state index contributed by atoms with van der Waals surface area (Å²) >= 11 is 0. The fourth-order valence-electron chi connectivity index (χ4n) is 6.50. The van der Waals surface area contributed by atoms with E-state index in [-0.39, 0.29) is 23.3 Å². The third kappa shape index (κ3) is 4.28. The zero-order valence-corrected chi connectivity index (χ0v) is 23.4. The van der Waals surface area contributed by atoms with Gasteiger partial charge in [0.05, 0.1) is 39.6 Å². The molecular weight excluding hydrogens is 512 g/mol. The van der Waals surface area contributed by atoms with Crippen molar-refractivity contribution in [1.82, 2.24) is 24.5 Å². The number of ether oxygens (including phenoxy) is 1. The normalized spacial score (nSPS) is 15.8. The summed E-state index contributed by atoms with van der Waals surface area (Å²) in [6, 6.07) is 10.1. The van der Waals surface area contributed by atoms with Crippen LogP contribution in [-0.4, -0.2) is 42.9 Å². The van der Waals surface area contributed by atoms with E-state index < -0.39 is 11.4 Å². The van der Waals surface area contributed by atoms with Gasteiger partial charge in [-0.3, -0.25) is 4.98 Å². The lowest BCUT2D eigenvalue weighted by Crippen LogP contribution is -2.27. The van der Waals surface area contributed by atoms with Crippen molar-refractivity contribution in [2.75, 3.05) is 13.2 Å². The summed E-state index contributed by atoms with van der Waals surface area (Å²) in [6.07, 6.45) is 3.32. The van der Waals surface area contributed by atoms with Crippen LogP contribution in [0.25, 0.3) is 33.2 Å². The Hall–Kier alpha value is -3.69. The van der Waals surface area contributed by atoms with Gasteiger partial charge < -0.3 is 14.4 Å². The van der Waals surface area contributed by atoms with Crippen molar-refractivity contribution in [3.63, 3.8) is 0 Å². The molecule has 1 aliphatic heterocycles. The molecule has 1 saturated heterocycles. The molecular formula is C31H33F2N5O2. The largest absolute Gasteiger partial charge is 0.386 e. The molecule has 0 saturated carbocycles. The zero-order valence-electron chi connectivity index (χ0n) is 23.4. The minimum Gasteiger partial charge on any atom is -0.386 e. The molecule has 1 fully saturated rings. The van der Waals surface area contributed by atoms with E-state index in [1.807, 2.05) is 37.6 Å². The second-order valence-electron chi connectivity index (χ2n) is 11.4. The van der Waals surface area contributed by atoms with E-state index in [1.54, 1.807) is 36.9 Å². The van der Waals surface area contributed by atoms with Gasteiger partial charge in [0.2, 0.25) is 0 Å². The number of pyridine rings is 1. The Kier molecular flexibility index (Phi) is 6.46. The number of hydrogen-bond donors (Lipinski definition) is 1. The molecule has 4 heterocycles. The fraction of sp³-hybridized carbons (Fsp3) is 0.387. The maximum atomic E-state index is 16.8. The highest BCUT2D eigenvalue weighted by Gasteiger charge is 2.34. The van der Waals surface area contributed by atoms with Crippen molar-refractivity contribution in [1.29, 1.82) is 0 Å². The molecule has 0 amide bonds. The smallest absolute Gasteiger partial charge is 0.153 e. The fourth-order valence-corrected chi connectivity index (χ4v) is 6.50. The number of nitrogens with zero attached hydrogens (tertiary/aromatic N) is 5. The number of aryl methyl sites for hydroxylation is 3. The number of hydrogen-bond acceptors (Lipinski definition) is 5. The van der Waals surface area contributed by atoms with Crippen LogP contribution >= 0.6 is 0 Å². The third-order valence-corrected chi connectivity index (χ3v) is 8.14. The van der Waals surface area contributed by atoms with Crippen molar-refractivity contribution < 1.29 is 18.6 Å². The van der Waals surface area contributed by atoms with E-state index in [2.05, 4.69) is 10.3 Å². The highest BCUT2D eigenvalue weighted by atomic mass is 19.1. The highest BCUT2D eigenvalue weighted by molar-refractivity contribution is 6.07. The molecule has 0 aliphatic carbocycles. The van der Waals surface area contributed by atoms with Gasteiger partial charge in [0.25, 0.3) is 0 Å². The number of aliphatic hydroxyl groups is 1.